The van der Waals surface area contributed by atoms with Gasteiger partial charge >= 0.3 is 12.1 Å². The fourth-order valence-corrected chi connectivity index (χ4v) is 3.89. The van der Waals surface area contributed by atoms with Crippen molar-refractivity contribution in [3.63, 3.8) is 0 Å². The van der Waals surface area contributed by atoms with Crippen LogP contribution in [-0.4, -0.2) is 58.6 Å². The van der Waals surface area contributed by atoms with E-state index in [1.165, 1.54) is 6.07 Å². The van der Waals surface area contributed by atoms with E-state index < -0.39 is 23.7 Å². The molecule has 1 amide bonds. The van der Waals surface area contributed by atoms with Gasteiger partial charge in [-0.3, -0.25) is 4.79 Å². The van der Waals surface area contributed by atoms with Crippen LogP contribution in [0.3, 0.4) is 0 Å². The van der Waals surface area contributed by atoms with Gasteiger partial charge in [0.05, 0.1) is 12.6 Å². The van der Waals surface area contributed by atoms with Gasteiger partial charge in [0.25, 0.3) is 0 Å². The van der Waals surface area contributed by atoms with Gasteiger partial charge in [0.1, 0.15) is 18.2 Å². The van der Waals surface area contributed by atoms with Gasteiger partial charge in [0.2, 0.25) is 11.7 Å². The molecule has 2 aromatic rings. The Morgan fingerprint density at radius 2 is 1.94 bits per heavy atom. The zero-order valence-electron chi connectivity index (χ0n) is 17.1. The van der Waals surface area contributed by atoms with E-state index in [-0.39, 0.29) is 47.9 Å². The summed E-state index contributed by atoms with van der Waals surface area (Å²) in [5.41, 5.74) is 0.173. The molecule has 31 heavy (non-hydrogen) atoms. The number of fused-ring (bicyclic) bond motifs is 1. The molecule has 0 radical (unpaired) electrons. The largest absolute Gasteiger partial charge is 0.491 e. The van der Waals surface area contributed by atoms with Crippen LogP contribution in [0.15, 0.2) is 16.7 Å². The maximum Gasteiger partial charge on any atom is 0.471 e. The Balaban J connectivity index is 1.60. The van der Waals surface area contributed by atoms with Crippen molar-refractivity contribution >= 4 is 5.91 Å². The van der Waals surface area contributed by atoms with E-state index in [4.69, 9.17) is 4.74 Å². The molecule has 2 aliphatic rings. The molecule has 168 valence electrons. The molecule has 7 nitrogen and oxygen atoms in total. The van der Waals surface area contributed by atoms with Crippen molar-refractivity contribution in [2.45, 2.75) is 38.5 Å². The molecule has 2 aliphatic heterocycles. The molecule has 0 unspecified atom stereocenters. The normalized spacial score (nSPS) is 20.8. The molecule has 0 spiro atoms. The maximum atomic E-state index is 15.0. The Bertz CT molecular complexity index is 970. The van der Waals surface area contributed by atoms with Crippen LogP contribution in [0.4, 0.5) is 17.6 Å². The number of piperidine rings is 1. The minimum absolute atomic E-state index is 0.00162. The van der Waals surface area contributed by atoms with Gasteiger partial charge in [0, 0.05) is 17.0 Å². The van der Waals surface area contributed by atoms with Crippen molar-refractivity contribution in [3.8, 4) is 17.1 Å². The topological polar surface area (TPSA) is 71.7 Å². The zero-order valence-corrected chi connectivity index (χ0v) is 17.1. The van der Waals surface area contributed by atoms with E-state index >= 15 is 0 Å². The maximum absolute atomic E-state index is 15.0. The highest BCUT2D eigenvalue weighted by molar-refractivity contribution is 5.79. The first-order valence-corrected chi connectivity index (χ1v) is 9.99. The predicted molar refractivity (Wildman–Crippen MR) is 100 cm³/mol. The Morgan fingerprint density at radius 1 is 1.23 bits per heavy atom. The molecule has 0 bridgehead atoms. The minimum Gasteiger partial charge on any atom is -0.491 e. The van der Waals surface area contributed by atoms with Crippen molar-refractivity contribution in [3.05, 3.63) is 29.4 Å². The first-order chi connectivity index (χ1) is 14.6. The molecule has 1 atom stereocenters. The van der Waals surface area contributed by atoms with Gasteiger partial charge in [-0.05, 0) is 52.0 Å². The molecule has 4 rings (SSSR count). The summed E-state index contributed by atoms with van der Waals surface area (Å²) in [5.74, 6) is -2.62. The lowest BCUT2D eigenvalue weighted by molar-refractivity contribution is -0.159. The van der Waals surface area contributed by atoms with Crippen LogP contribution in [0.5, 0.6) is 5.75 Å². The summed E-state index contributed by atoms with van der Waals surface area (Å²) in [5, 5.41) is 3.29. The number of amides is 1. The third-order valence-electron chi connectivity index (χ3n) is 5.77. The van der Waals surface area contributed by atoms with Crippen molar-refractivity contribution in [1.82, 2.24) is 19.9 Å². The Kier molecular flexibility index (Phi) is 5.63. The monoisotopic (exact) mass is 442 g/mol. The number of benzene rings is 1. The molecular weight excluding hydrogens is 420 g/mol. The van der Waals surface area contributed by atoms with E-state index in [0.717, 1.165) is 32.0 Å². The van der Waals surface area contributed by atoms with Gasteiger partial charge in [-0.2, -0.15) is 18.2 Å². The predicted octanol–water partition coefficient (Wildman–Crippen LogP) is 3.35. The molecule has 0 saturated carbocycles. The van der Waals surface area contributed by atoms with Crippen LogP contribution in [-0.2, 0) is 17.5 Å². The Labute approximate surface area is 175 Å². The Hall–Kier alpha value is -2.69. The number of hydrogen-bond donors (Lipinski definition) is 0. The molecule has 1 aromatic heterocycles. The van der Waals surface area contributed by atoms with E-state index in [2.05, 4.69) is 19.6 Å². The highest BCUT2D eigenvalue weighted by Crippen LogP contribution is 2.35. The Morgan fingerprint density at radius 3 is 2.58 bits per heavy atom. The summed E-state index contributed by atoms with van der Waals surface area (Å²) in [6.07, 6.45) is -3.31. The molecule has 11 heteroatoms. The molecule has 1 aromatic carbocycles. The fourth-order valence-electron chi connectivity index (χ4n) is 3.89. The SMILES string of the molecule is C[C@H]1COc2cc(-c3noc(C(F)(F)F)n3)cc(F)c2CN1C(=O)C1CCN(C)CC1. The van der Waals surface area contributed by atoms with E-state index in [9.17, 15) is 22.4 Å². The van der Waals surface area contributed by atoms with Crippen LogP contribution in [0, 0.1) is 11.7 Å². The van der Waals surface area contributed by atoms with Crippen LogP contribution < -0.4 is 4.74 Å². The van der Waals surface area contributed by atoms with E-state index in [1.807, 2.05) is 14.0 Å². The second kappa shape index (κ2) is 8.10. The second-order valence-corrected chi connectivity index (χ2v) is 8.06. The van der Waals surface area contributed by atoms with Gasteiger partial charge in [-0.25, -0.2) is 4.39 Å². The number of ether oxygens (including phenoxy) is 1. The smallest absolute Gasteiger partial charge is 0.471 e. The molecule has 1 fully saturated rings. The van der Waals surface area contributed by atoms with Crippen molar-refractivity contribution in [2.24, 2.45) is 5.92 Å². The third-order valence-corrected chi connectivity index (χ3v) is 5.77. The number of nitrogens with zero attached hydrogens (tertiary/aromatic N) is 4. The number of hydrogen-bond acceptors (Lipinski definition) is 6. The lowest BCUT2D eigenvalue weighted by Crippen LogP contribution is -2.46. The average molecular weight is 442 g/mol. The molecule has 0 aliphatic carbocycles. The van der Waals surface area contributed by atoms with Crippen molar-refractivity contribution in [1.29, 1.82) is 0 Å². The van der Waals surface area contributed by atoms with Gasteiger partial charge < -0.3 is 19.1 Å². The molecule has 1 saturated heterocycles. The average Bonchev–Trinajstić information content (AvgIpc) is 3.16. The summed E-state index contributed by atoms with van der Waals surface area (Å²) in [4.78, 5) is 20.2. The first-order valence-electron chi connectivity index (χ1n) is 9.99. The summed E-state index contributed by atoms with van der Waals surface area (Å²) in [6.45, 7) is 3.64. The third kappa shape index (κ3) is 4.36. The van der Waals surface area contributed by atoms with Gasteiger partial charge in [-0.15, -0.1) is 0 Å². The van der Waals surface area contributed by atoms with Crippen LogP contribution >= 0.6 is 0 Å². The summed E-state index contributed by atoms with van der Waals surface area (Å²) >= 11 is 0. The number of aromatic nitrogens is 2. The number of carbonyl (C=O) groups is 1. The van der Waals surface area contributed by atoms with Crippen LogP contribution in [0.25, 0.3) is 11.4 Å². The van der Waals surface area contributed by atoms with Crippen LogP contribution in [0.2, 0.25) is 0 Å². The highest BCUT2D eigenvalue weighted by Gasteiger charge is 2.39. The quantitative estimate of drug-likeness (QED) is 0.665. The highest BCUT2D eigenvalue weighted by atomic mass is 19.4. The second-order valence-electron chi connectivity index (χ2n) is 8.06. The van der Waals surface area contributed by atoms with E-state index in [1.54, 1.807) is 4.90 Å². The van der Waals surface area contributed by atoms with E-state index in [0.29, 0.717) is 0 Å². The van der Waals surface area contributed by atoms with Gasteiger partial charge in [-0.1, -0.05) is 5.16 Å². The zero-order chi connectivity index (χ0) is 22.3. The minimum atomic E-state index is -4.80. The standard InChI is InChI=1S/C20H22F4N4O3/c1-11-10-30-16-8-13(17-25-19(31-26-17)20(22,23)24)7-15(21)14(16)9-28(11)18(29)12-3-5-27(2)6-4-12/h7-8,11-12H,3-6,9-10H2,1-2H3/t11-/m0/s1. The molecule has 3 heterocycles. The lowest BCUT2D eigenvalue weighted by atomic mass is 9.94. The number of carbonyl (C=O) groups excluding carboxylic acids is 1. The lowest BCUT2D eigenvalue weighted by Gasteiger charge is -2.34. The number of rotatable bonds is 2. The molecular formula is C20H22F4N4O3. The number of alkyl halides is 3. The van der Waals surface area contributed by atoms with Crippen molar-refractivity contribution in [2.75, 3.05) is 26.7 Å². The van der Waals surface area contributed by atoms with Gasteiger partial charge in [0.15, 0.2) is 0 Å². The first kappa shape index (κ1) is 21.5. The summed E-state index contributed by atoms with van der Waals surface area (Å²) in [7, 11) is 2.01. The number of halogens is 4. The fraction of sp³-hybridized carbons (Fsp3) is 0.550. The summed E-state index contributed by atoms with van der Waals surface area (Å²) in [6, 6.07) is 2.12. The van der Waals surface area contributed by atoms with Crippen LogP contribution in [0.1, 0.15) is 31.2 Å². The molecule has 0 N–H and O–H groups in total. The van der Waals surface area contributed by atoms with Crippen molar-refractivity contribution < 1.29 is 31.6 Å². The summed E-state index contributed by atoms with van der Waals surface area (Å²) < 4.78 is 63.1. The number of likely N-dealkylation sites (tertiary alicyclic amines) is 1.